The fourth-order valence-corrected chi connectivity index (χ4v) is 3.64. The van der Waals surface area contributed by atoms with Crippen LogP contribution < -0.4 is 10.1 Å². The van der Waals surface area contributed by atoms with E-state index in [0.717, 1.165) is 12.1 Å². The van der Waals surface area contributed by atoms with Gasteiger partial charge in [-0.2, -0.15) is 0 Å². The van der Waals surface area contributed by atoms with E-state index in [2.05, 4.69) is 34.5 Å². The Morgan fingerprint density at radius 2 is 1.75 bits per heavy atom. The van der Waals surface area contributed by atoms with Crippen LogP contribution in [0.2, 0.25) is 5.02 Å². The van der Waals surface area contributed by atoms with Crippen LogP contribution in [0.15, 0.2) is 48.5 Å². The lowest BCUT2D eigenvalue weighted by molar-refractivity contribution is -0.128. The topological polar surface area (TPSA) is 41.6 Å². The number of halogens is 1. The molecule has 1 aliphatic rings. The van der Waals surface area contributed by atoms with E-state index in [1.807, 2.05) is 19.1 Å². The first-order valence-electron chi connectivity index (χ1n) is 10.1. The van der Waals surface area contributed by atoms with Crippen LogP contribution in [-0.4, -0.2) is 30.0 Å². The van der Waals surface area contributed by atoms with Crippen molar-refractivity contribution >= 4 is 17.5 Å². The molecule has 1 fully saturated rings. The summed E-state index contributed by atoms with van der Waals surface area (Å²) in [7, 11) is 0. The zero-order chi connectivity index (χ0) is 19.8. The molecule has 150 valence electrons. The van der Waals surface area contributed by atoms with E-state index in [1.54, 1.807) is 12.1 Å². The summed E-state index contributed by atoms with van der Waals surface area (Å²) in [6, 6.07) is 15.7. The third-order valence-corrected chi connectivity index (χ3v) is 5.43. The van der Waals surface area contributed by atoms with Crippen molar-refractivity contribution in [2.75, 3.05) is 13.1 Å². The smallest absolute Gasteiger partial charge is 0.261 e. The zero-order valence-electron chi connectivity index (χ0n) is 16.5. The van der Waals surface area contributed by atoms with E-state index < -0.39 is 6.10 Å². The molecule has 0 bridgehead atoms. The average molecular weight is 401 g/mol. The van der Waals surface area contributed by atoms with Crippen LogP contribution in [0.25, 0.3) is 0 Å². The molecule has 28 heavy (non-hydrogen) atoms. The number of likely N-dealkylation sites (tertiary alicyclic amines) is 1. The Morgan fingerprint density at radius 1 is 1.07 bits per heavy atom. The lowest BCUT2D eigenvalue weighted by Gasteiger charge is -2.26. The van der Waals surface area contributed by atoms with E-state index in [4.69, 9.17) is 16.3 Å². The maximum absolute atomic E-state index is 12.5. The summed E-state index contributed by atoms with van der Waals surface area (Å²) in [5, 5.41) is 3.49. The van der Waals surface area contributed by atoms with Crippen LogP contribution in [-0.2, 0) is 17.9 Å². The van der Waals surface area contributed by atoms with Gasteiger partial charge in [0.15, 0.2) is 6.10 Å². The second kappa shape index (κ2) is 10.5. The molecule has 5 heteroatoms. The number of nitrogens with one attached hydrogen (secondary N) is 1. The molecular formula is C23H29ClN2O2. The molecule has 0 aliphatic carbocycles. The van der Waals surface area contributed by atoms with Crippen molar-refractivity contribution in [1.29, 1.82) is 0 Å². The molecule has 4 nitrogen and oxygen atoms in total. The largest absolute Gasteiger partial charge is 0.479 e. The fourth-order valence-electron chi connectivity index (χ4n) is 3.46. The standard InChI is InChI=1S/C23H29ClN2O2/c1-2-21(28-22-9-5-4-8-20(22)24)23(27)25-16-18-10-12-19(13-11-18)17-26-14-6-3-7-15-26/h4-5,8-13,21H,2-3,6-7,14-17H2,1H3,(H,25,27)/t21-/m0/s1. The molecule has 0 unspecified atom stereocenters. The highest BCUT2D eigenvalue weighted by atomic mass is 35.5. The Labute approximate surface area is 172 Å². The molecule has 1 heterocycles. The summed E-state index contributed by atoms with van der Waals surface area (Å²) >= 11 is 6.13. The number of carbonyl (C=O) groups excluding carboxylic acids is 1. The number of amides is 1. The minimum atomic E-state index is -0.557. The molecule has 1 aliphatic heterocycles. The molecule has 0 radical (unpaired) electrons. The highest BCUT2D eigenvalue weighted by Gasteiger charge is 2.19. The number of benzene rings is 2. The molecule has 1 N–H and O–H groups in total. The van der Waals surface area contributed by atoms with Crippen molar-refractivity contribution in [3.63, 3.8) is 0 Å². The van der Waals surface area contributed by atoms with E-state index in [9.17, 15) is 4.79 Å². The number of piperidine rings is 1. The van der Waals surface area contributed by atoms with Crippen molar-refractivity contribution in [2.24, 2.45) is 0 Å². The number of hydrogen-bond donors (Lipinski definition) is 1. The Balaban J connectivity index is 1.49. The summed E-state index contributed by atoms with van der Waals surface area (Å²) in [6.07, 6.45) is 3.98. The summed E-state index contributed by atoms with van der Waals surface area (Å²) in [5.41, 5.74) is 2.41. The number of hydrogen-bond acceptors (Lipinski definition) is 3. The molecule has 2 aromatic rings. The van der Waals surface area contributed by atoms with Gasteiger partial charge in [-0.25, -0.2) is 0 Å². The van der Waals surface area contributed by atoms with Gasteiger partial charge in [0, 0.05) is 13.1 Å². The van der Waals surface area contributed by atoms with Crippen LogP contribution in [0.3, 0.4) is 0 Å². The van der Waals surface area contributed by atoms with Crippen LogP contribution >= 0.6 is 11.6 Å². The van der Waals surface area contributed by atoms with E-state index in [1.165, 1.54) is 37.9 Å². The van der Waals surface area contributed by atoms with Gasteiger partial charge < -0.3 is 10.1 Å². The normalized spacial score (nSPS) is 15.8. The molecule has 1 amide bonds. The predicted molar refractivity (Wildman–Crippen MR) is 114 cm³/mol. The maximum atomic E-state index is 12.5. The molecular weight excluding hydrogens is 372 g/mol. The monoisotopic (exact) mass is 400 g/mol. The number of rotatable bonds is 8. The average Bonchev–Trinajstić information content (AvgIpc) is 2.73. The van der Waals surface area contributed by atoms with Crippen molar-refractivity contribution < 1.29 is 9.53 Å². The minimum absolute atomic E-state index is 0.125. The van der Waals surface area contributed by atoms with Gasteiger partial charge in [0.2, 0.25) is 0 Å². The first-order chi connectivity index (χ1) is 13.7. The molecule has 1 saturated heterocycles. The zero-order valence-corrected chi connectivity index (χ0v) is 17.3. The summed E-state index contributed by atoms with van der Waals surface area (Å²) in [4.78, 5) is 15.0. The highest BCUT2D eigenvalue weighted by molar-refractivity contribution is 6.32. The molecule has 0 aromatic heterocycles. The fraction of sp³-hybridized carbons (Fsp3) is 0.435. The van der Waals surface area contributed by atoms with E-state index in [0.29, 0.717) is 23.7 Å². The first-order valence-corrected chi connectivity index (χ1v) is 10.5. The number of carbonyl (C=O) groups is 1. The quantitative estimate of drug-likeness (QED) is 0.692. The van der Waals surface area contributed by atoms with Crippen molar-refractivity contribution in [3.8, 4) is 5.75 Å². The molecule has 2 aromatic carbocycles. The van der Waals surface area contributed by atoms with Gasteiger partial charge in [0.1, 0.15) is 5.75 Å². The van der Waals surface area contributed by atoms with Crippen LogP contribution in [0, 0.1) is 0 Å². The third kappa shape index (κ3) is 5.98. The van der Waals surface area contributed by atoms with Gasteiger partial charge in [0.05, 0.1) is 5.02 Å². The predicted octanol–water partition coefficient (Wildman–Crippen LogP) is 4.80. The molecule has 0 spiro atoms. The maximum Gasteiger partial charge on any atom is 0.261 e. The van der Waals surface area contributed by atoms with Crippen LogP contribution in [0.4, 0.5) is 0 Å². The summed E-state index contributed by atoms with van der Waals surface area (Å²) in [5.74, 6) is 0.410. The van der Waals surface area contributed by atoms with E-state index in [-0.39, 0.29) is 5.91 Å². The van der Waals surface area contributed by atoms with E-state index >= 15 is 0 Å². The van der Waals surface area contributed by atoms with Gasteiger partial charge in [-0.15, -0.1) is 0 Å². The lowest BCUT2D eigenvalue weighted by atomic mass is 10.1. The van der Waals surface area contributed by atoms with Crippen LogP contribution in [0.5, 0.6) is 5.75 Å². The van der Waals surface area contributed by atoms with Gasteiger partial charge >= 0.3 is 0 Å². The molecule has 1 atom stereocenters. The van der Waals surface area contributed by atoms with Crippen molar-refractivity contribution in [1.82, 2.24) is 10.2 Å². The van der Waals surface area contributed by atoms with Crippen molar-refractivity contribution in [3.05, 3.63) is 64.7 Å². The summed E-state index contributed by atoms with van der Waals surface area (Å²) < 4.78 is 5.80. The first kappa shape index (κ1) is 20.7. The second-order valence-electron chi connectivity index (χ2n) is 7.32. The minimum Gasteiger partial charge on any atom is -0.479 e. The SMILES string of the molecule is CC[C@H](Oc1ccccc1Cl)C(=O)NCc1ccc(CN2CCCCC2)cc1. The summed E-state index contributed by atoms with van der Waals surface area (Å²) in [6.45, 7) is 5.82. The number of nitrogens with zero attached hydrogens (tertiary/aromatic N) is 1. The lowest BCUT2D eigenvalue weighted by Crippen LogP contribution is -2.37. The Hall–Kier alpha value is -2.04. The van der Waals surface area contributed by atoms with Crippen molar-refractivity contribution in [2.45, 2.75) is 51.8 Å². The van der Waals surface area contributed by atoms with Crippen LogP contribution in [0.1, 0.15) is 43.7 Å². The number of para-hydroxylation sites is 1. The van der Waals surface area contributed by atoms with Gasteiger partial charge in [0.25, 0.3) is 5.91 Å². The Kier molecular flexibility index (Phi) is 7.75. The Bertz CT molecular complexity index is 757. The van der Waals surface area contributed by atoms with Gasteiger partial charge in [-0.1, -0.05) is 61.3 Å². The molecule has 3 rings (SSSR count). The second-order valence-corrected chi connectivity index (χ2v) is 7.72. The Morgan fingerprint density at radius 3 is 2.43 bits per heavy atom. The molecule has 0 saturated carbocycles. The number of ether oxygens (including phenoxy) is 1. The van der Waals surface area contributed by atoms with Gasteiger partial charge in [-0.3, -0.25) is 9.69 Å². The van der Waals surface area contributed by atoms with Gasteiger partial charge in [-0.05, 0) is 55.6 Å². The highest BCUT2D eigenvalue weighted by Crippen LogP contribution is 2.24. The third-order valence-electron chi connectivity index (χ3n) is 5.11.